The van der Waals surface area contributed by atoms with Crippen molar-refractivity contribution >= 4 is 21.9 Å². The molecule has 2 saturated heterocycles. The zero-order chi connectivity index (χ0) is 27.7. The lowest BCUT2D eigenvalue weighted by Crippen LogP contribution is -2.49. The van der Waals surface area contributed by atoms with E-state index in [1.165, 1.54) is 15.5 Å². The van der Waals surface area contributed by atoms with E-state index < -0.39 is 39.5 Å². The van der Waals surface area contributed by atoms with Crippen LogP contribution < -0.4 is 0 Å². The molecule has 212 valence electrons. The van der Waals surface area contributed by atoms with E-state index in [9.17, 15) is 26.4 Å². The lowest BCUT2D eigenvalue weighted by atomic mass is 9.96. The first-order valence-corrected chi connectivity index (χ1v) is 14.2. The molecular formula is C25H35F3N4O5S. The fourth-order valence-corrected chi connectivity index (χ4v) is 5.70. The second-order valence-electron chi connectivity index (χ2n) is 11.0. The number of nitrogens with zero attached hydrogens (tertiary/aromatic N) is 4. The van der Waals surface area contributed by atoms with Crippen LogP contribution in [0.5, 0.6) is 0 Å². The number of benzene rings is 1. The molecule has 4 rings (SSSR count). The van der Waals surface area contributed by atoms with Gasteiger partial charge < -0.3 is 9.64 Å². The number of fused-ring (bicyclic) bond motifs is 1. The SMILES string of the molecule is CC(C)(C)OC(=O)N1CCC2=NN(C3CCN(Cc4ccccc4)CC3)C(OS(=O)(=O)C(F)(F)F)C2CC1. The molecule has 9 nitrogen and oxygen atoms in total. The minimum absolute atomic E-state index is 0.188. The normalized spacial score (nSPS) is 24.1. The van der Waals surface area contributed by atoms with E-state index >= 15 is 0 Å². The maximum absolute atomic E-state index is 13.3. The van der Waals surface area contributed by atoms with Gasteiger partial charge >= 0.3 is 21.7 Å². The van der Waals surface area contributed by atoms with Crippen LogP contribution in [-0.2, 0) is 25.6 Å². The van der Waals surface area contributed by atoms with Gasteiger partial charge in [0.25, 0.3) is 0 Å². The number of halogens is 3. The van der Waals surface area contributed by atoms with Crippen molar-refractivity contribution < 1.29 is 35.3 Å². The lowest BCUT2D eigenvalue weighted by molar-refractivity contribution is -0.0777. The van der Waals surface area contributed by atoms with Gasteiger partial charge in [0.05, 0.1) is 6.04 Å². The van der Waals surface area contributed by atoms with Gasteiger partial charge in [-0.3, -0.25) is 9.91 Å². The van der Waals surface area contributed by atoms with Crippen molar-refractivity contribution in [1.29, 1.82) is 0 Å². The summed E-state index contributed by atoms with van der Waals surface area (Å²) < 4.78 is 74.3. The molecule has 1 aromatic carbocycles. The number of amides is 1. The molecular weight excluding hydrogens is 525 g/mol. The molecule has 0 aliphatic carbocycles. The summed E-state index contributed by atoms with van der Waals surface area (Å²) in [4.78, 5) is 16.3. The Bertz CT molecular complexity index is 1120. The number of hydrazone groups is 1. The van der Waals surface area contributed by atoms with Crippen molar-refractivity contribution in [3.63, 3.8) is 0 Å². The van der Waals surface area contributed by atoms with Crippen LogP contribution in [0, 0.1) is 5.92 Å². The molecule has 3 aliphatic rings. The molecule has 1 amide bonds. The van der Waals surface area contributed by atoms with E-state index in [0.29, 0.717) is 38.1 Å². The molecule has 2 fully saturated rings. The summed E-state index contributed by atoms with van der Waals surface area (Å²) in [7, 11) is -5.85. The topological polar surface area (TPSA) is 91.8 Å². The number of carbonyl (C=O) groups is 1. The van der Waals surface area contributed by atoms with E-state index in [1.807, 2.05) is 30.3 Å². The number of rotatable bonds is 5. The number of hydrogen-bond acceptors (Lipinski definition) is 8. The number of ether oxygens (including phenoxy) is 1. The van der Waals surface area contributed by atoms with Gasteiger partial charge in [-0.15, -0.1) is 0 Å². The van der Waals surface area contributed by atoms with Gasteiger partial charge in [-0.2, -0.15) is 26.7 Å². The van der Waals surface area contributed by atoms with Crippen LogP contribution in [0.3, 0.4) is 0 Å². The second-order valence-corrected chi connectivity index (χ2v) is 12.5. The molecule has 2 unspecified atom stereocenters. The van der Waals surface area contributed by atoms with Gasteiger partial charge in [-0.05, 0) is 45.6 Å². The van der Waals surface area contributed by atoms with Crippen molar-refractivity contribution in [2.24, 2.45) is 11.0 Å². The third kappa shape index (κ3) is 6.78. The highest BCUT2D eigenvalue weighted by Gasteiger charge is 2.53. The second kappa shape index (κ2) is 11.0. The van der Waals surface area contributed by atoms with E-state index in [1.54, 1.807) is 20.8 Å². The molecule has 2 atom stereocenters. The zero-order valence-electron chi connectivity index (χ0n) is 21.9. The molecule has 0 bridgehead atoms. The summed E-state index contributed by atoms with van der Waals surface area (Å²) in [5.41, 5.74) is -4.53. The van der Waals surface area contributed by atoms with Crippen molar-refractivity contribution in [3.8, 4) is 0 Å². The molecule has 0 saturated carbocycles. The van der Waals surface area contributed by atoms with Crippen LogP contribution >= 0.6 is 0 Å². The van der Waals surface area contributed by atoms with Gasteiger partial charge in [0.1, 0.15) is 5.60 Å². The van der Waals surface area contributed by atoms with Gasteiger partial charge in [0, 0.05) is 50.8 Å². The molecule has 0 N–H and O–H groups in total. The lowest BCUT2D eigenvalue weighted by Gasteiger charge is -2.39. The molecule has 0 spiro atoms. The highest BCUT2D eigenvalue weighted by Crippen LogP contribution is 2.37. The molecule has 0 aromatic heterocycles. The maximum Gasteiger partial charge on any atom is 0.523 e. The van der Waals surface area contributed by atoms with E-state index in [2.05, 4.69) is 10.0 Å². The summed E-state index contributed by atoms with van der Waals surface area (Å²) >= 11 is 0. The van der Waals surface area contributed by atoms with Crippen LogP contribution in [0.4, 0.5) is 18.0 Å². The Morgan fingerprint density at radius 3 is 2.29 bits per heavy atom. The van der Waals surface area contributed by atoms with Crippen LogP contribution in [0.2, 0.25) is 0 Å². The fraction of sp³-hybridized carbons (Fsp3) is 0.680. The third-order valence-corrected chi connectivity index (χ3v) is 7.98. The molecule has 3 aliphatic heterocycles. The molecule has 1 aromatic rings. The van der Waals surface area contributed by atoms with E-state index in [0.717, 1.165) is 6.54 Å². The van der Waals surface area contributed by atoms with E-state index in [4.69, 9.17) is 8.92 Å². The molecule has 13 heteroatoms. The van der Waals surface area contributed by atoms with Gasteiger partial charge in [-0.25, -0.2) is 8.98 Å². The zero-order valence-corrected chi connectivity index (χ0v) is 22.7. The Hall–Kier alpha value is -2.38. The van der Waals surface area contributed by atoms with Crippen molar-refractivity contribution in [1.82, 2.24) is 14.8 Å². The highest BCUT2D eigenvalue weighted by atomic mass is 32.2. The standard InChI is InChI=1S/C25H35F3N4O5S/c1-24(2,3)36-23(33)31-15-11-20-21(12-16-31)29-32(22(20)37-38(34,35)25(26,27)28)19-9-13-30(14-10-19)17-18-7-5-4-6-8-18/h4-8,19-20,22H,9-17H2,1-3H3. The summed E-state index contributed by atoms with van der Waals surface area (Å²) in [5, 5.41) is 6.05. The summed E-state index contributed by atoms with van der Waals surface area (Å²) in [5.74, 6) is -0.693. The van der Waals surface area contributed by atoms with Crippen LogP contribution in [0.25, 0.3) is 0 Å². The Morgan fingerprint density at radius 1 is 1.03 bits per heavy atom. The predicted octanol–water partition coefficient (Wildman–Crippen LogP) is 4.16. The van der Waals surface area contributed by atoms with Crippen molar-refractivity contribution in [3.05, 3.63) is 35.9 Å². The number of hydrogen-bond donors (Lipinski definition) is 0. The number of likely N-dealkylation sites (tertiary alicyclic amines) is 2. The van der Waals surface area contributed by atoms with Gasteiger partial charge in [0.15, 0.2) is 6.23 Å². The first kappa shape index (κ1) is 28.6. The van der Waals surface area contributed by atoms with Crippen LogP contribution in [-0.4, -0.2) is 84.6 Å². The van der Waals surface area contributed by atoms with Crippen LogP contribution in [0.1, 0.15) is 52.0 Å². The maximum atomic E-state index is 13.3. The average molecular weight is 561 g/mol. The summed E-state index contributed by atoms with van der Waals surface area (Å²) in [6, 6.07) is 9.71. The fourth-order valence-electron chi connectivity index (χ4n) is 5.11. The molecule has 38 heavy (non-hydrogen) atoms. The monoisotopic (exact) mass is 560 g/mol. The minimum atomic E-state index is -5.85. The third-order valence-electron chi connectivity index (χ3n) is 6.97. The van der Waals surface area contributed by atoms with Gasteiger partial charge in [0.2, 0.25) is 0 Å². The largest absolute Gasteiger partial charge is 0.523 e. The quantitative estimate of drug-likeness (QED) is 0.395. The number of carbonyl (C=O) groups excluding carboxylic acids is 1. The Morgan fingerprint density at radius 2 is 1.68 bits per heavy atom. The smallest absolute Gasteiger partial charge is 0.444 e. The van der Waals surface area contributed by atoms with Crippen molar-refractivity contribution in [2.45, 2.75) is 76.4 Å². The molecule has 0 radical (unpaired) electrons. The van der Waals surface area contributed by atoms with Gasteiger partial charge in [-0.1, -0.05) is 30.3 Å². The minimum Gasteiger partial charge on any atom is -0.444 e. The first-order valence-electron chi connectivity index (χ1n) is 12.8. The van der Waals surface area contributed by atoms with Crippen molar-refractivity contribution in [2.75, 3.05) is 26.2 Å². The number of alkyl halides is 3. The van der Waals surface area contributed by atoms with Crippen LogP contribution in [0.15, 0.2) is 35.4 Å². The predicted molar refractivity (Wildman–Crippen MR) is 134 cm³/mol. The molecule has 3 heterocycles. The highest BCUT2D eigenvalue weighted by molar-refractivity contribution is 7.87. The Balaban J connectivity index is 1.49. The Labute approximate surface area is 221 Å². The average Bonchev–Trinajstić information content (AvgIpc) is 3.01. The van der Waals surface area contributed by atoms with E-state index in [-0.39, 0.29) is 25.6 Å². The summed E-state index contributed by atoms with van der Waals surface area (Å²) in [6.45, 7) is 7.84. The first-order chi connectivity index (χ1) is 17.7. The Kier molecular flexibility index (Phi) is 8.29. The summed E-state index contributed by atoms with van der Waals surface area (Å²) in [6.07, 6.45) is -0.237. The number of piperidine rings is 1.